The van der Waals surface area contributed by atoms with Crippen LogP contribution in [0.5, 0.6) is 11.5 Å². The maximum absolute atomic E-state index is 13.6. The number of carboxylic acids is 1. The summed E-state index contributed by atoms with van der Waals surface area (Å²) in [6.45, 7) is 13.3. The minimum Gasteiger partial charge on any atom is -0.491 e. The Kier molecular flexibility index (Phi) is 18.1. The molecule has 6 aliphatic rings. The van der Waals surface area contributed by atoms with E-state index < -0.39 is 66.1 Å². The normalized spacial score (nSPS) is 22.1. The smallest absolute Gasteiger partial charge is 0.403 e. The number of ketones is 1. The quantitative estimate of drug-likeness (QED) is 0.0805. The molecule has 4 amide bonds. The van der Waals surface area contributed by atoms with Crippen LogP contribution in [-0.4, -0.2) is 166 Å². The molecular formula is C51H63F6N13O11. The number of hydrogen-bond acceptors (Lipinski definition) is 19. The molecule has 4 saturated heterocycles. The Morgan fingerprint density at radius 2 is 1.15 bits per heavy atom. The SMILES string of the molecule is CC1(C)OC[C@H](COc2ccnc(NC(=O)N3c4nc(C(=O)O)ncc4N4CCC[C@H]3C4)c2)O1.C[C@@H](CC(=O)c1ncc2c(n1)N(C(=O)Nc1cc(OC[C@H]3COC(C)(C)O3)ccn1)[C@H]1CCCN2C1)C(F)(F)F.C[C@@H](N)C(F)(F)F. The number of hydrogen-bond donors (Lipinski definition) is 4. The van der Waals surface area contributed by atoms with Crippen LogP contribution in [0.25, 0.3) is 0 Å². The van der Waals surface area contributed by atoms with Gasteiger partial charge in [0.2, 0.25) is 11.6 Å². The van der Waals surface area contributed by atoms with Crippen LogP contribution < -0.4 is 45.4 Å². The summed E-state index contributed by atoms with van der Waals surface area (Å²) in [5.41, 5.74) is 5.63. The molecule has 4 fully saturated rings. The van der Waals surface area contributed by atoms with Crippen molar-refractivity contribution < 1.29 is 79.0 Å². The number of amides is 4. The van der Waals surface area contributed by atoms with E-state index in [4.69, 9.17) is 28.4 Å². The lowest BCUT2D eigenvalue weighted by atomic mass is 10.00. The molecule has 30 heteroatoms. The number of carboxylic acid groups (broad SMARTS) is 1. The molecule has 4 aromatic rings. The molecule has 6 atom stereocenters. The highest BCUT2D eigenvalue weighted by Gasteiger charge is 2.43. The number of nitrogens with zero attached hydrogens (tertiary/aromatic N) is 10. The van der Waals surface area contributed by atoms with Gasteiger partial charge in [-0.15, -0.1) is 0 Å². The first-order chi connectivity index (χ1) is 38.1. The molecule has 0 unspecified atom stereocenters. The number of piperidine rings is 2. The number of alkyl halides is 6. The first-order valence-corrected chi connectivity index (χ1v) is 26.0. The molecule has 6 aliphatic heterocycles. The van der Waals surface area contributed by atoms with Gasteiger partial charge < -0.3 is 49.1 Å². The zero-order chi connectivity index (χ0) is 58.6. The van der Waals surface area contributed by atoms with Crippen molar-refractivity contribution in [3.05, 3.63) is 60.7 Å². The third kappa shape index (κ3) is 15.2. The average molecular weight is 1150 g/mol. The van der Waals surface area contributed by atoms with E-state index in [1.165, 1.54) is 34.6 Å². The maximum Gasteiger partial charge on any atom is 0.403 e. The van der Waals surface area contributed by atoms with Crippen molar-refractivity contribution in [2.45, 2.75) is 128 Å². The minimum atomic E-state index is -4.52. The predicted octanol–water partition coefficient (Wildman–Crippen LogP) is 7.21. The fourth-order valence-electron chi connectivity index (χ4n) is 9.44. The Morgan fingerprint density at radius 1 is 0.716 bits per heavy atom. The van der Waals surface area contributed by atoms with E-state index in [0.29, 0.717) is 74.6 Å². The lowest BCUT2D eigenvalue weighted by Crippen LogP contribution is -2.56. The Labute approximate surface area is 461 Å². The van der Waals surface area contributed by atoms with Crippen molar-refractivity contribution in [2.75, 3.05) is 82.8 Å². The zero-order valence-corrected chi connectivity index (χ0v) is 45.1. The van der Waals surface area contributed by atoms with Gasteiger partial charge in [-0.3, -0.25) is 25.2 Å². The Hall–Kier alpha value is -7.28. The average Bonchev–Trinajstić information content (AvgIpc) is 4.09. The molecule has 4 bridgehead atoms. The molecular weight excluding hydrogens is 1080 g/mol. The number of pyridine rings is 2. The van der Waals surface area contributed by atoms with Gasteiger partial charge in [-0.05, 0) is 72.4 Å². The number of halogens is 6. The number of carbonyl (C=O) groups is 4. The Bertz CT molecular complexity index is 2920. The van der Waals surface area contributed by atoms with E-state index in [9.17, 15) is 50.6 Å². The first kappa shape index (κ1) is 59.8. The molecule has 0 aliphatic carbocycles. The van der Waals surface area contributed by atoms with Crippen molar-refractivity contribution in [1.29, 1.82) is 0 Å². The van der Waals surface area contributed by atoms with Crippen molar-refractivity contribution in [3.8, 4) is 11.5 Å². The monoisotopic (exact) mass is 1150 g/mol. The summed E-state index contributed by atoms with van der Waals surface area (Å²) in [4.78, 5) is 82.9. The number of urea groups is 2. The number of fused-ring (bicyclic) bond motifs is 8. The Morgan fingerprint density at radius 3 is 1.54 bits per heavy atom. The molecule has 10 heterocycles. The number of nitrogens with two attached hydrogens (primary N) is 1. The van der Waals surface area contributed by atoms with E-state index >= 15 is 0 Å². The predicted molar refractivity (Wildman–Crippen MR) is 278 cm³/mol. The summed E-state index contributed by atoms with van der Waals surface area (Å²) in [6.07, 6.45) is -0.847. The molecule has 4 aromatic heterocycles. The number of aromatic nitrogens is 6. The Balaban J connectivity index is 0.000000192. The van der Waals surface area contributed by atoms with Gasteiger partial charge >= 0.3 is 30.4 Å². The van der Waals surface area contributed by atoms with E-state index in [1.807, 2.05) is 32.6 Å². The second-order valence-electron chi connectivity index (χ2n) is 20.9. The summed E-state index contributed by atoms with van der Waals surface area (Å²) in [6, 6.07) is 3.47. The number of rotatable bonds is 12. The lowest BCUT2D eigenvalue weighted by molar-refractivity contribution is -0.168. The summed E-state index contributed by atoms with van der Waals surface area (Å²) in [7, 11) is 0. The number of Topliss-reactive ketones (excluding diaryl/α,β-unsaturated/α-hetero) is 1. The van der Waals surface area contributed by atoms with Gasteiger partial charge in [-0.25, -0.2) is 44.3 Å². The number of aromatic carboxylic acids is 1. The second kappa shape index (κ2) is 24.4. The van der Waals surface area contributed by atoms with Gasteiger partial charge in [0, 0.05) is 57.1 Å². The van der Waals surface area contributed by atoms with Crippen LogP contribution in [0.15, 0.2) is 49.1 Å². The van der Waals surface area contributed by atoms with Crippen LogP contribution in [0, 0.1) is 5.92 Å². The largest absolute Gasteiger partial charge is 0.491 e. The highest BCUT2D eigenvalue weighted by molar-refractivity contribution is 6.05. The number of carbonyl (C=O) groups excluding carboxylic acids is 3. The van der Waals surface area contributed by atoms with Gasteiger partial charge in [0.05, 0.1) is 61.0 Å². The van der Waals surface area contributed by atoms with Crippen LogP contribution in [0.4, 0.5) is 70.6 Å². The number of ether oxygens (including phenoxy) is 6. The molecule has 0 saturated carbocycles. The molecule has 0 spiro atoms. The van der Waals surface area contributed by atoms with Crippen LogP contribution in [0.1, 0.15) is 94.9 Å². The van der Waals surface area contributed by atoms with E-state index in [2.05, 4.69) is 51.2 Å². The van der Waals surface area contributed by atoms with Crippen molar-refractivity contribution in [3.63, 3.8) is 0 Å². The number of nitrogens with one attached hydrogen (secondary N) is 2. The van der Waals surface area contributed by atoms with Crippen molar-refractivity contribution in [2.24, 2.45) is 11.7 Å². The summed E-state index contributed by atoms with van der Waals surface area (Å²) in [5, 5.41) is 14.9. The third-order valence-corrected chi connectivity index (χ3v) is 13.5. The van der Waals surface area contributed by atoms with Crippen LogP contribution in [0.2, 0.25) is 0 Å². The molecule has 440 valence electrons. The van der Waals surface area contributed by atoms with E-state index in [-0.39, 0.29) is 60.0 Å². The topological polar surface area (TPSA) is 284 Å². The maximum atomic E-state index is 13.6. The van der Waals surface area contributed by atoms with Gasteiger partial charge in [-0.1, -0.05) is 6.92 Å². The van der Waals surface area contributed by atoms with E-state index in [0.717, 1.165) is 39.7 Å². The van der Waals surface area contributed by atoms with Crippen LogP contribution >= 0.6 is 0 Å². The lowest BCUT2D eigenvalue weighted by Gasteiger charge is -2.45. The van der Waals surface area contributed by atoms with Crippen LogP contribution in [-0.2, 0) is 18.9 Å². The highest BCUT2D eigenvalue weighted by Crippen LogP contribution is 2.40. The third-order valence-electron chi connectivity index (χ3n) is 13.5. The summed E-state index contributed by atoms with van der Waals surface area (Å²) in [5.74, 6) is -3.95. The molecule has 0 radical (unpaired) electrons. The van der Waals surface area contributed by atoms with Crippen LogP contribution in [0.3, 0.4) is 0 Å². The molecule has 10 rings (SSSR count). The molecule has 81 heavy (non-hydrogen) atoms. The molecule has 0 aromatic carbocycles. The minimum absolute atomic E-state index is 0.139. The fourth-order valence-corrected chi connectivity index (χ4v) is 9.44. The summed E-state index contributed by atoms with van der Waals surface area (Å²) < 4.78 is 106. The van der Waals surface area contributed by atoms with Crippen molar-refractivity contribution >= 4 is 58.5 Å². The summed E-state index contributed by atoms with van der Waals surface area (Å²) >= 11 is 0. The van der Waals surface area contributed by atoms with E-state index in [1.54, 1.807) is 24.3 Å². The molecule has 5 N–H and O–H groups in total. The standard InChI is InChI=1S/C26H31F3N6O5.C22H26N6O6.C3H6F3N/c1-15(26(27,28)29)9-20(36)22-31-11-19-23(33-22)35(16-5-4-8-34(19)12-16)24(37)32-21-10-17(6-7-30-21)38-13-18-14-39-25(2,3)40-18;1-22(2)33-12-15(34-22)11-32-14-5-6-23-17(8-14)25-21(31)28-13-4-3-7-27(10-13)16-9-24-18(20(29)30)26-19(16)28;1-2(7)3(4,5)6/h6-7,10-11,15-16,18H,4-5,8-9,12-14H2,1-3H3,(H,30,32,37);5-6,8-9,13,15H,3-4,7,10-12H2,1-2H3,(H,29,30)(H,23,25,31);2H,7H2,1H3/t15-,16-,18-;13-,15-;2-/m001/s1. The van der Waals surface area contributed by atoms with Gasteiger partial charge in [0.1, 0.15) is 48.6 Å². The van der Waals surface area contributed by atoms with Gasteiger partial charge in [0.15, 0.2) is 29.0 Å². The first-order valence-electron chi connectivity index (χ1n) is 26.0. The van der Waals surface area contributed by atoms with Gasteiger partial charge in [0.25, 0.3) is 0 Å². The second-order valence-corrected chi connectivity index (χ2v) is 20.9. The van der Waals surface area contributed by atoms with Gasteiger partial charge in [-0.2, -0.15) is 26.3 Å². The number of anilines is 6. The highest BCUT2D eigenvalue weighted by atomic mass is 19.4. The molecule has 24 nitrogen and oxygen atoms in total. The zero-order valence-electron chi connectivity index (χ0n) is 45.1. The van der Waals surface area contributed by atoms with Crippen molar-refractivity contribution in [1.82, 2.24) is 29.9 Å². The fraction of sp³-hybridized carbons (Fsp3) is 0.569.